The fourth-order valence-electron chi connectivity index (χ4n) is 2.25. The van der Waals surface area contributed by atoms with Crippen LogP contribution in [-0.4, -0.2) is 11.7 Å². The molecule has 4 heteroatoms. The van der Waals surface area contributed by atoms with Gasteiger partial charge in [0, 0.05) is 12.2 Å². The average Bonchev–Trinajstić information content (AvgIpc) is 2.54. The largest absolute Gasteiger partial charge is 0.362 e. The minimum atomic E-state index is -0.252. The molecular formula is C18H21FN2S. The molecule has 2 N–H and O–H groups in total. The summed E-state index contributed by atoms with van der Waals surface area (Å²) in [6.07, 6.45) is 2.12. The van der Waals surface area contributed by atoms with Crippen LogP contribution in [0.25, 0.3) is 0 Å². The number of halogens is 1. The summed E-state index contributed by atoms with van der Waals surface area (Å²) in [6.45, 7) is 3.00. The van der Waals surface area contributed by atoms with Gasteiger partial charge in [-0.05, 0) is 54.4 Å². The van der Waals surface area contributed by atoms with Crippen LogP contribution in [0.5, 0.6) is 0 Å². The van der Waals surface area contributed by atoms with Crippen LogP contribution < -0.4 is 10.6 Å². The monoisotopic (exact) mass is 316 g/mol. The third-order valence-corrected chi connectivity index (χ3v) is 3.84. The van der Waals surface area contributed by atoms with Gasteiger partial charge in [0.25, 0.3) is 0 Å². The number of rotatable bonds is 6. The Balaban J connectivity index is 1.79. The molecule has 1 atom stereocenters. The molecule has 22 heavy (non-hydrogen) atoms. The zero-order chi connectivity index (χ0) is 15.8. The Labute approximate surface area is 136 Å². The molecule has 0 aromatic heterocycles. The third-order valence-electron chi connectivity index (χ3n) is 3.60. The zero-order valence-corrected chi connectivity index (χ0v) is 13.5. The maximum absolute atomic E-state index is 12.9. The SMILES string of the molecule is CC[C@@H](CNC(=S)Nc1ccc(F)cc1)Cc1ccccc1. The quantitative estimate of drug-likeness (QED) is 0.773. The van der Waals surface area contributed by atoms with Crippen LogP contribution in [-0.2, 0) is 6.42 Å². The number of hydrogen-bond acceptors (Lipinski definition) is 1. The number of nitrogens with one attached hydrogen (secondary N) is 2. The van der Waals surface area contributed by atoms with E-state index in [4.69, 9.17) is 12.2 Å². The fraction of sp³-hybridized carbons (Fsp3) is 0.278. The molecule has 0 heterocycles. The van der Waals surface area contributed by atoms with Gasteiger partial charge in [-0.2, -0.15) is 0 Å². The van der Waals surface area contributed by atoms with Crippen LogP contribution >= 0.6 is 12.2 Å². The predicted octanol–water partition coefficient (Wildman–Crippen LogP) is 4.38. The summed E-state index contributed by atoms with van der Waals surface area (Å²) >= 11 is 5.28. The second-order valence-corrected chi connectivity index (χ2v) is 5.71. The highest BCUT2D eigenvalue weighted by Gasteiger charge is 2.08. The molecule has 0 spiro atoms. The molecule has 0 bridgehead atoms. The predicted molar refractivity (Wildman–Crippen MR) is 94.6 cm³/mol. The van der Waals surface area contributed by atoms with Crippen molar-refractivity contribution in [1.29, 1.82) is 0 Å². The topological polar surface area (TPSA) is 24.1 Å². The van der Waals surface area contributed by atoms with Gasteiger partial charge in [-0.3, -0.25) is 0 Å². The van der Waals surface area contributed by atoms with E-state index in [0.29, 0.717) is 11.0 Å². The second-order valence-electron chi connectivity index (χ2n) is 5.31. The van der Waals surface area contributed by atoms with Crippen molar-refractivity contribution < 1.29 is 4.39 Å². The lowest BCUT2D eigenvalue weighted by atomic mass is 9.97. The van der Waals surface area contributed by atoms with Crippen LogP contribution in [0.3, 0.4) is 0 Å². The van der Waals surface area contributed by atoms with Crippen molar-refractivity contribution in [3.05, 3.63) is 66.0 Å². The van der Waals surface area contributed by atoms with E-state index in [-0.39, 0.29) is 5.82 Å². The van der Waals surface area contributed by atoms with Crippen molar-refractivity contribution in [3.8, 4) is 0 Å². The highest BCUT2D eigenvalue weighted by Crippen LogP contribution is 2.12. The van der Waals surface area contributed by atoms with E-state index in [1.165, 1.54) is 17.7 Å². The van der Waals surface area contributed by atoms with Gasteiger partial charge in [-0.1, -0.05) is 43.7 Å². The number of anilines is 1. The van der Waals surface area contributed by atoms with E-state index in [9.17, 15) is 4.39 Å². The normalized spacial score (nSPS) is 11.7. The Morgan fingerprint density at radius 3 is 2.41 bits per heavy atom. The van der Waals surface area contributed by atoms with Crippen molar-refractivity contribution >= 4 is 23.0 Å². The standard InChI is InChI=1S/C18H21FN2S/c1-2-14(12-15-6-4-3-5-7-15)13-20-18(22)21-17-10-8-16(19)9-11-17/h3-11,14H,2,12-13H2,1H3,(H2,20,21,22)/t14-/m1/s1. The van der Waals surface area contributed by atoms with Gasteiger partial charge in [-0.25, -0.2) is 4.39 Å². The van der Waals surface area contributed by atoms with E-state index in [1.54, 1.807) is 12.1 Å². The molecule has 116 valence electrons. The first kappa shape index (κ1) is 16.4. The Bertz CT molecular complexity index is 584. The number of hydrogen-bond donors (Lipinski definition) is 2. The van der Waals surface area contributed by atoms with Gasteiger partial charge in [0.2, 0.25) is 0 Å². The summed E-state index contributed by atoms with van der Waals surface area (Å²) in [7, 11) is 0. The summed E-state index contributed by atoms with van der Waals surface area (Å²) < 4.78 is 12.9. The lowest BCUT2D eigenvalue weighted by Gasteiger charge is -2.17. The maximum atomic E-state index is 12.9. The highest BCUT2D eigenvalue weighted by molar-refractivity contribution is 7.80. The number of thiocarbonyl (C=S) groups is 1. The molecule has 0 unspecified atom stereocenters. The first-order valence-electron chi connectivity index (χ1n) is 7.51. The molecule has 2 aromatic rings. The van der Waals surface area contributed by atoms with Gasteiger partial charge >= 0.3 is 0 Å². The first-order chi connectivity index (χ1) is 10.7. The highest BCUT2D eigenvalue weighted by atomic mass is 32.1. The van der Waals surface area contributed by atoms with Crippen molar-refractivity contribution in [1.82, 2.24) is 5.32 Å². The molecule has 2 rings (SSSR count). The molecule has 2 nitrogen and oxygen atoms in total. The molecule has 0 radical (unpaired) electrons. The molecule has 2 aromatic carbocycles. The van der Waals surface area contributed by atoms with Gasteiger partial charge in [0.05, 0.1) is 0 Å². The Hall–Kier alpha value is -1.94. The summed E-state index contributed by atoms with van der Waals surface area (Å²) in [6, 6.07) is 16.6. The van der Waals surface area contributed by atoms with Gasteiger partial charge in [0.1, 0.15) is 5.82 Å². The molecule has 0 amide bonds. The second kappa shape index (κ2) is 8.49. The van der Waals surface area contributed by atoms with Gasteiger partial charge in [-0.15, -0.1) is 0 Å². The van der Waals surface area contributed by atoms with Crippen LogP contribution in [0.4, 0.5) is 10.1 Å². The Morgan fingerprint density at radius 2 is 1.77 bits per heavy atom. The molecule has 0 aliphatic carbocycles. The van der Waals surface area contributed by atoms with Gasteiger partial charge in [0.15, 0.2) is 5.11 Å². The van der Waals surface area contributed by atoms with Crippen LogP contribution in [0.2, 0.25) is 0 Å². The van der Waals surface area contributed by atoms with E-state index in [0.717, 1.165) is 25.1 Å². The third kappa shape index (κ3) is 5.45. The van der Waals surface area contributed by atoms with Crippen molar-refractivity contribution in [2.24, 2.45) is 5.92 Å². The smallest absolute Gasteiger partial charge is 0.170 e. The molecule has 0 saturated heterocycles. The lowest BCUT2D eigenvalue weighted by Crippen LogP contribution is -2.33. The van der Waals surface area contributed by atoms with Crippen molar-refractivity contribution in [2.45, 2.75) is 19.8 Å². The minimum Gasteiger partial charge on any atom is -0.362 e. The Morgan fingerprint density at radius 1 is 1.09 bits per heavy atom. The first-order valence-corrected chi connectivity index (χ1v) is 7.92. The van der Waals surface area contributed by atoms with Crippen LogP contribution in [0.15, 0.2) is 54.6 Å². The summed E-state index contributed by atoms with van der Waals surface area (Å²) in [5.41, 5.74) is 2.13. The van der Waals surface area contributed by atoms with E-state index < -0.39 is 0 Å². The zero-order valence-electron chi connectivity index (χ0n) is 12.7. The van der Waals surface area contributed by atoms with Gasteiger partial charge < -0.3 is 10.6 Å². The Kier molecular flexibility index (Phi) is 6.34. The molecule has 0 fully saturated rings. The minimum absolute atomic E-state index is 0.252. The molecular weight excluding hydrogens is 295 g/mol. The summed E-state index contributed by atoms with van der Waals surface area (Å²) in [5, 5.41) is 6.88. The van der Waals surface area contributed by atoms with Crippen molar-refractivity contribution in [3.63, 3.8) is 0 Å². The van der Waals surface area contributed by atoms with E-state index in [1.807, 2.05) is 6.07 Å². The number of benzene rings is 2. The summed E-state index contributed by atoms with van der Waals surface area (Å²) in [5.74, 6) is 0.272. The molecule has 0 aliphatic rings. The molecule has 0 aliphatic heterocycles. The summed E-state index contributed by atoms with van der Waals surface area (Å²) in [4.78, 5) is 0. The lowest BCUT2D eigenvalue weighted by molar-refractivity contribution is 0.498. The van der Waals surface area contributed by atoms with Crippen LogP contribution in [0, 0.1) is 11.7 Å². The van der Waals surface area contributed by atoms with E-state index >= 15 is 0 Å². The fourth-order valence-corrected chi connectivity index (χ4v) is 2.46. The average molecular weight is 316 g/mol. The van der Waals surface area contributed by atoms with Crippen molar-refractivity contribution in [2.75, 3.05) is 11.9 Å². The maximum Gasteiger partial charge on any atom is 0.170 e. The van der Waals surface area contributed by atoms with Crippen LogP contribution in [0.1, 0.15) is 18.9 Å². The molecule has 0 saturated carbocycles. The van der Waals surface area contributed by atoms with E-state index in [2.05, 4.69) is 41.8 Å².